The van der Waals surface area contributed by atoms with Gasteiger partial charge in [0.15, 0.2) is 0 Å². The van der Waals surface area contributed by atoms with E-state index in [9.17, 15) is 13.6 Å². The molecule has 0 aliphatic rings. The first-order valence-electron chi connectivity index (χ1n) is 6.36. The van der Waals surface area contributed by atoms with E-state index in [2.05, 4.69) is 6.58 Å². The number of allylic oxidation sites excluding steroid dienone is 1. The highest BCUT2D eigenvalue weighted by Crippen LogP contribution is 2.21. The van der Waals surface area contributed by atoms with Crippen LogP contribution in [0.1, 0.15) is 21.5 Å². The maximum absolute atomic E-state index is 13.4. The number of nitriles is 1. The van der Waals surface area contributed by atoms with E-state index in [1.165, 1.54) is 6.07 Å². The Kier molecular flexibility index (Phi) is 4.64. The maximum atomic E-state index is 13.4. The lowest BCUT2D eigenvalue weighted by Crippen LogP contribution is -2.09. The second kappa shape index (κ2) is 6.64. The predicted molar refractivity (Wildman–Crippen MR) is 76.4 cm³/mol. The van der Waals surface area contributed by atoms with Gasteiger partial charge in [-0.15, -0.1) is 6.58 Å². The van der Waals surface area contributed by atoms with E-state index < -0.39 is 23.2 Å². The molecule has 3 nitrogen and oxygen atoms in total. The molecular weight excluding hydrogens is 288 g/mol. The van der Waals surface area contributed by atoms with Crippen LogP contribution >= 0.6 is 0 Å². The summed E-state index contributed by atoms with van der Waals surface area (Å²) in [6, 6.07) is 9.56. The first kappa shape index (κ1) is 15.4. The second-order valence-corrected chi connectivity index (χ2v) is 4.45. The molecule has 0 saturated carbocycles. The molecule has 5 heteroatoms. The van der Waals surface area contributed by atoms with Crippen LogP contribution in [0.15, 0.2) is 49.1 Å². The zero-order chi connectivity index (χ0) is 16.1. The molecule has 110 valence electrons. The molecule has 0 amide bonds. The lowest BCUT2D eigenvalue weighted by Gasteiger charge is -2.06. The molecule has 0 aliphatic heterocycles. The molecule has 0 aliphatic carbocycles. The Morgan fingerprint density at radius 1 is 1.23 bits per heavy atom. The molecule has 22 heavy (non-hydrogen) atoms. The number of rotatable bonds is 4. The van der Waals surface area contributed by atoms with Crippen LogP contribution in [0.4, 0.5) is 8.78 Å². The van der Waals surface area contributed by atoms with Gasteiger partial charge >= 0.3 is 5.97 Å². The second-order valence-electron chi connectivity index (χ2n) is 4.45. The molecule has 0 radical (unpaired) electrons. The number of benzene rings is 2. The highest BCUT2D eigenvalue weighted by Gasteiger charge is 2.14. The van der Waals surface area contributed by atoms with Crippen molar-refractivity contribution < 1.29 is 18.3 Å². The standard InChI is InChI=1S/C17H11F2NO2/c1-2-3-11-4-6-12(7-5-11)17(21)22-13-8-15(18)14(10-20)16(19)9-13/h2,4-9H,1,3H2. The van der Waals surface area contributed by atoms with Gasteiger partial charge < -0.3 is 4.74 Å². The van der Waals surface area contributed by atoms with E-state index in [4.69, 9.17) is 10.00 Å². The minimum absolute atomic E-state index is 0.248. The van der Waals surface area contributed by atoms with Gasteiger partial charge in [-0.1, -0.05) is 18.2 Å². The highest BCUT2D eigenvalue weighted by atomic mass is 19.1. The minimum Gasteiger partial charge on any atom is -0.423 e. The van der Waals surface area contributed by atoms with Crippen LogP contribution < -0.4 is 4.74 Å². The summed E-state index contributed by atoms with van der Waals surface area (Å²) in [6.07, 6.45) is 2.40. The van der Waals surface area contributed by atoms with E-state index in [1.807, 2.05) is 0 Å². The van der Waals surface area contributed by atoms with Crippen molar-refractivity contribution in [1.29, 1.82) is 5.26 Å². The number of ether oxygens (including phenoxy) is 1. The van der Waals surface area contributed by atoms with E-state index in [1.54, 1.807) is 30.3 Å². The van der Waals surface area contributed by atoms with Crippen LogP contribution in [0.25, 0.3) is 0 Å². The Hall–Kier alpha value is -3.00. The first-order valence-corrected chi connectivity index (χ1v) is 6.36. The Morgan fingerprint density at radius 3 is 2.32 bits per heavy atom. The summed E-state index contributed by atoms with van der Waals surface area (Å²) >= 11 is 0. The first-order chi connectivity index (χ1) is 10.5. The van der Waals surface area contributed by atoms with Crippen molar-refractivity contribution in [1.82, 2.24) is 0 Å². The highest BCUT2D eigenvalue weighted by molar-refractivity contribution is 5.91. The number of carbonyl (C=O) groups excluding carboxylic acids is 1. The van der Waals surface area contributed by atoms with Crippen LogP contribution in [-0.4, -0.2) is 5.97 Å². The number of hydrogen-bond acceptors (Lipinski definition) is 3. The molecule has 0 spiro atoms. The van der Waals surface area contributed by atoms with E-state index in [0.29, 0.717) is 6.42 Å². The fourth-order valence-corrected chi connectivity index (χ4v) is 1.83. The van der Waals surface area contributed by atoms with Gasteiger partial charge in [0.2, 0.25) is 0 Å². The molecule has 0 atom stereocenters. The molecule has 0 saturated heterocycles. The van der Waals surface area contributed by atoms with Crippen LogP contribution in [0.2, 0.25) is 0 Å². The summed E-state index contributed by atoms with van der Waals surface area (Å²) < 4.78 is 31.8. The molecule has 0 fully saturated rings. The van der Waals surface area contributed by atoms with Crippen LogP contribution in [0, 0.1) is 23.0 Å². The van der Waals surface area contributed by atoms with Gasteiger partial charge in [-0.05, 0) is 24.1 Å². The third-order valence-electron chi connectivity index (χ3n) is 2.91. The minimum atomic E-state index is -1.08. The molecule has 2 rings (SSSR count). The van der Waals surface area contributed by atoms with Crippen molar-refractivity contribution >= 4 is 5.97 Å². The zero-order valence-corrected chi connectivity index (χ0v) is 11.5. The van der Waals surface area contributed by atoms with Crippen LogP contribution in [0.3, 0.4) is 0 Å². The monoisotopic (exact) mass is 299 g/mol. The topological polar surface area (TPSA) is 50.1 Å². The maximum Gasteiger partial charge on any atom is 0.343 e. The summed E-state index contributed by atoms with van der Waals surface area (Å²) in [6.45, 7) is 3.61. The molecule has 0 bridgehead atoms. The van der Waals surface area contributed by atoms with Crippen molar-refractivity contribution in [3.63, 3.8) is 0 Å². The summed E-state index contributed by atoms with van der Waals surface area (Å²) in [5.41, 5.74) is 0.508. The lowest BCUT2D eigenvalue weighted by molar-refractivity contribution is 0.0734. The van der Waals surface area contributed by atoms with Gasteiger partial charge in [0, 0.05) is 12.1 Å². The van der Waals surface area contributed by atoms with Crippen molar-refractivity contribution in [3.8, 4) is 11.8 Å². The number of hydrogen-bond donors (Lipinski definition) is 0. The molecule has 0 heterocycles. The fraction of sp³-hybridized carbons (Fsp3) is 0.0588. The average molecular weight is 299 g/mol. The van der Waals surface area contributed by atoms with Gasteiger partial charge in [0.05, 0.1) is 5.56 Å². The normalized spacial score (nSPS) is 9.86. The van der Waals surface area contributed by atoms with E-state index in [-0.39, 0.29) is 11.3 Å². The van der Waals surface area contributed by atoms with Gasteiger partial charge in [-0.25, -0.2) is 13.6 Å². The molecular formula is C17H11F2NO2. The fourth-order valence-electron chi connectivity index (χ4n) is 1.83. The van der Waals surface area contributed by atoms with Crippen LogP contribution in [0.5, 0.6) is 5.75 Å². The largest absolute Gasteiger partial charge is 0.423 e. The Balaban J connectivity index is 2.18. The predicted octanol–water partition coefficient (Wildman–Crippen LogP) is 3.78. The third-order valence-corrected chi connectivity index (χ3v) is 2.91. The quantitative estimate of drug-likeness (QED) is 0.490. The summed E-state index contributed by atoms with van der Waals surface area (Å²) in [5.74, 6) is -3.19. The average Bonchev–Trinajstić information content (AvgIpc) is 2.48. The van der Waals surface area contributed by atoms with Crippen LogP contribution in [-0.2, 0) is 6.42 Å². The van der Waals surface area contributed by atoms with E-state index >= 15 is 0 Å². The van der Waals surface area contributed by atoms with Gasteiger partial charge in [-0.3, -0.25) is 0 Å². The van der Waals surface area contributed by atoms with Crippen molar-refractivity contribution in [3.05, 3.63) is 77.4 Å². The zero-order valence-electron chi connectivity index (χ0n) is 11.5. The number of esters is 1. The number of carbonyl (C=O) groups is 1. The molecule has 0 N–H and O–H groups in total. The summed E-state index contributed by atoms with van der Waals surface area (Å²) in [5, 5.41) is 8.57. The number of halogens is 2. The van der Waals surface area contributed by atoms with E-state index in [0.717, 1.165) is 17.7 Å². The van der Waals surface area contributed by atoms with Gasteiger partial charge in [0.1, 0.15) is 29.0 Å². The van der Waals surface area contributed by atoms with Crippen molar-refractivity contribution in [2.75, 3.05) is 0 Å². The molecule has 0 aromatic heterocycles. The van der Waals surface area contributed by atoms with Gasteiger partial charge in [-0.2, -0.15) is 5.26 Å². The SMILES string of the molecule is C=CCc1ccc(C(=O)Oc2cc(F)c(C#N)c(F)c2)cc1. The smallest absolute Gasteiger partial charge is 0.343 e. The Labute approximate surface area is 126 Å². The number of nitrogens with zero attached hydrogens (tertiary/aromatic N) is 1. The molecule has 2 aromatic carbocycles. The van der Waals surface area contributed by atoms with Crippen molar-refractivity contribution in [2.45, 2.75) is 6.42 Å². The lowest BCUT2D eigenvalue weighted by atomic mass is 10.1. The Bertz CT molecular complexity index is 738. The third kappa shape index (κ3) is 3.36. The van der Waals surface area contributed by atoms with Gasteiger partial charge in [0.25, 0.3) is 0 Å². The summed E-state index contributed by atoms with van der Waals surface area (Å²) in [4.78, 5) is 11.9. The van der Waals surface area contributed by atoms with Crippen molar-refractivity contribution in [2.24, 2.45) is 0 Å². The molecule has 0 unspecified atom stereocenters. The molecule has 2 aromatic rings. The Morgan fingerprint density at radius 2 is 1.82 bits per heavy atom. The summed E-state index contributed by atoms with van der Waals surface area (Å²) in [7, 11) is 0.